The number of thioether (sulfide) groups is 1. The van der Waals surface area contributed by atoms with Crippen molar-refractivity contribution in [3.8, 4) is 0 Å². The highest BCUT2D eigenvalue weighted by Gasteiger charge is 2.01. The summed E-state index contributed by atoms with van der Waals surface area (Å²) in [5, 5.41) is 8.72. The number of rotatable bonds is 6. The van der Waals surface area contributed by atoms with Crippen molar-refractivity contribution < 1.29 is 14.2 Å². The third-order valence-corrected chi connectivity index (χ3v) is 2.00. The number of ether oxygens (including phenoxy) is 1. The molecule has 1 unspecified atom stereocenters. The Morgan fingerprint density at radius 2 is 2.40 bits per heavy atom. The Kier molecular flexibility index (Phi) is 7.45. The molecule has 0 amide bonds. The zero-order chi connectivity index (χ0) is 7.82. The van der Waals surface area contributed by atoms with Gasteiger partial charge < -0.3 is 9.84 Å². The Morgan fingerprint density at radius 1 is 1.70 bits per heavy atom. The third kappa shape index (κ3) is 6.32. The fourth-order valence-corrected chi connectivity index (χ4v) is 1.22. The number of aliphatic hydroxyl groups is 1. The summed E-state index contributed by atoms with van der Waals surface area (Å²) in [6.45, 7) is 0.00363. The minimum Gasteiger partial charge on any atom is -0.390 e. The highest BCUT2D eigenvalue weighted by molar-refractivity contribution is 7.99. The first kappa shape index (κ1) is 10.2. The molecule has 0 aromatic rings. The monoisotopic (exact) mass is 168 g/mol. The molecule has 0 saturated carbocycles. The third-order valence-electron chi connectivity index (χ3n) is 0.920. The van der Waals surface area contributed by atoms with Gasteiger partial charge in [-0.2, -0.15) is 11.8 Å². The number of methoxy groups -OCH3 is 1. The summed E-state index contributed by atoms with van der Waals surface area (Å²) < 4.78 is 16.4. The van der Waals surface area contributed by atoms with Crippen molar-refractivity contribution in [2.75, 3.05) is 31.9 Å². The molecule has 0 heterocycles. The number of halogens is 1. The molecule has 10 heavy (non-hydrogen) atoms. The van der Waals surface area contributed by atoms with Crippen molar-refractivity contribution in [2.45, 2.75) is 6.10 Å². The van der Waals surface area contributed by atoms with Crippen LogP contribution in [0.15, 0.2) is 0 Å². The summed E-state index contributed by atoms with van der Waals surface area (Å²) in [6.07, 6.45) is -0.804. The molecule has 0 radical (unpaired) electrons. The van der Waals surface area contributed by atoms with Crippen molar-refractivity contribution in [2.24, 2.45) is 0 Å². The Morgan fingerprint density at radius 3 is 2.90 bits per heavy atom. The summed E-state index contributed by atoms with van der Waals surface area (Å²) in [4.78, 5) is 0. The molecule has 0 fully saturated rings. The molecule has 0 saturated heterocycles. The first-order valence-electron chi connectivity index (χ1n) is 3.12. The highest BCUT2D eigenvalue weighted by Crippen LogP contribution is 2.02. The van der Waals surface area contributed by atoms with Crippen molar-refractivity contribution in [1.82, 2.24) is 0 Å². The summed E-state index contributed by atoms with van der Waals surface area (Å²) in [7, 11) is 1.62. The predicted octanol–water partition coefficient (Wildman–Crippen LogP) is 0.696. The Bertz CT molecular complexity index is 72.8. The molecule has 4 heteroatoms. The Labute approximate surface area is 64.8 Å². The van der Waals surface area contributed by atoms with E-state index in [1.807, 2.05) is 0 Å². The van der Waals surface area contributed by atoms with Gasteiger partial charge in [-0.05, 0) is 0 Å². The van der Waals surface area contributed by atoms with Crippen LogP contribution in [0.2, 0.25) is 0 Å². The van der Waals surface area contributed by atoms with Crippen LogP contribution in [0.25, 0.3) is 0 Å². The van der Waals surface area contributed by atoms with Crippen LogP contribution in [-0.4, -0.2) is 43.1 Å². The smallest absolute Gasteiger partial charge is 0.116 e. The molecule has 2 nitrogen and oxygen atoms in total. The zero-order valence-electron chi connectivity index (χ0n) is 6.05. The normalized spacial score (nSPS) is 13.5. The molecule has 0 aliphatic rings. The van der Waals surface area contributed by atoms with E-state index in [0.717, 1.165) is 5.75 Å². The average molecular weight is 168 g/mol. The zero-order valence-corrected chi connectivity index (χ0v) is 6.86. The van der Waals surface area contributed by atoms with Crippen LogP contribution >= 0.6 is 11.8 Å². The van der Waals surface area contributed by atoms with E-state index >= 15 is 0 Å². The standard InChI is InChI=1S/C6H13FO2S/c1-9-2-3-10-5-6(8)4-7/h6,8H,2-5H2,1H3. The minimum absolute atomic E-state index is 0.458. The number of alkyl halides is 1. The molecule has 0 rings (SSSR count). The van der Waals surface area contributed by atoms with Crippen molar-refractivity contribution in [1.29, 1.82) is 0 Å². The van der Waals surface area contributed by atoms with E-state index in [1.165, 1.54) is 11.8 Å². The van der Waals surface area contributed by atoms with Crippen molar-refractivity contribution in [3.63, 3.8) is 0 Å². The second kappa shape index (κ2) is 7.31. The highest BCUT2D eigenvalue weighted by atomic mass is 32.2. The van der Waals surface area contributed by atoms with Crippen LogP contribution in [0.3, 0.4) is 0 Å². The molecule has 0 aliphatic carbocycles. The van der Waals surface area contributed by atoms with Gasteiger partial charge in [-0.1, -0.05) is 0 Å². The number of hydrogen-bond acceptors (Lipinski definition) is 3. The van der Waals surface area contributed by atoms with Crippen LogP contribution in [0.4, 0.5) is 4.39 Å². The lowest BCUT2D eigenvalue weighted by atomic mass is 10.5. The molecular formula is C6H13FO2S. The lowest BCUT2D eigenvalue weighted by Gasteiger charge is -2.03. The van der Waals surface area contributed by atoms with Gasteiger partial charge in [-0.25, -0.2) is 4.39 Å². The molecule has 1 atom stereocenters. The van der Waals surface area contributed by atoms with Crippen LogP contribution in [0, 0.1) is 0 Å². The maximum absolute atomic E-state index is 11.6. The Balaban J connectivity index is 2.89. The van der Waals surface area contributed by atoms with Gasteiger partial charge in [0.05, 0.1) is 12.7 Å². The van der Waals surface area contributed by atoms with Gasteiger partial charge in [-0.3, -0.25) is 0 Å². The lowest BCUT2D eigenvalue weighted by molar-refractivity contribution is 0.162. The maximum atomic E-state index is 11.6. The first-order chi connectivity index (χ1) is 4.81. The van der Waals surface area contributed by atoms with Gasteiger partial charge >= 0.3 is 0 Å². The molecule has 1 N–H and O–H groups in total. The van der Waals surface area contributed by atoms with E-state index in [9.17, 15) is 4.39 Å². The molecule has 62 valence electrons. The molecular weight excluding hydrogens is 155 g/mol. The predicted molar refractivity (Wildman–Crippen MR) is 41.2 cm³/mol. The number of aliphatic hydroxyl groups excluding tert-OH is 1. The molecule has 0 bridgehead atoms. The fourth-order valence-electron chi connectivity index (χ4n) is 0.406. The molecule has 0 aliphatic heterocycles. The minimum atomic E-state index is -0.804. The summed E-state index contributed by atoms with van der Waals surface area (Å²) >= 11 is 1.50. The first-order valence-corrected chi connectivity index (χ1v) is 4.27. The van der Waals surface area contributed by atoms with E-state index in [1.54, 1.807) is 7.11 Å². The maximum Gasteiger partial charge on any atom is 0.116 e. The van der Waals surface area contributed by atoms with Crippen LogP contribution < -0.4 is 0 Å². The van der Waals surface area contributed by atoms with Gasteiger partial charge in [0.25, 0.3) is 0 Å². The SMILES string of the molecule is COCCSCC(O)CF. The number of hydrogen-bond donors (Lipinski definition) is 1. The molecule has 0 spiro atoms. The topological polar surface area (TPSA) is 29.5 Å². The van der Waals surface area contributed by atoms with Crippen molar-refractivity contribution >= 4 is 11.8 Å². The van der Waals surface area contributed by atoms with Gasteiger partial charge in [0, 0.05) is 18.6 Å². The van der Waals surface area contributed by atoms with E-state index in [-0.39, 0.29) is 0 Å². The second-order valence-corrected chi connectivity index (χ2v) is 3.03. The summed E-state index contributed by atoms with van der Waals surface area (Å²) in [6, 6.07) is 0. The van der Waals surface area contributed by atoms with Gasteiger partial charge in [0.2, 0.25) is 0 Å². The van der Waals surface area contributed by atoms with Crippen LogP contribution in [-0.2, 0) is 4.74 Å². The van der Waals surface area contributed by atoms with E-state index in [4.69, 9.17) is 9.84 Å². The largest absolute Gasteiger partial charge is 0.390 e. The summed E-state index contributed by atoms with van der Waals surface area (Å²) in [5.74, 6) is 1.27. The Hall–Kier alpha value is 0.200. The van der Waals surface area contributed by atoms with E-state index in [0.29, 0.717) is 12.4 Å². The lowest BCUT2D eigenvalue weighted by Crippen LogP contribution is -2.12. The van der Waals surface area contributed by atoms with Gasteiger partial charge in [-0.15, -0.1) is 0 Å². The van der Waals surface area contributed by atoms with Crippen LogP contribution in [0.5, 0.6) is 0 Å². The van der Waals surface area contributed by atoms with E-state index in [2.05, 4.69) is 0 Å². The second-order valence-electron chi connectivity index (χ2n) is 1.88. The van der Waals surface area contributed by atoms with Gasteiger partial charge in [0.15, 0.2) is 0 Å². The van der Waals surface area contributed by atoms with Gasteiger partial charge in [0.1, 0.15) is 6.67 Å². The van der Waals surface area contributed by atoms with E-state index < -0.39 is 12.8 Å². The molecule has 0 aromatic heterocycles. The molecule has 0 aromatic carbocycles. The van der Waals surface area contributed by atoms with Crippen molar-refractivity contribution in [3.05, 3.63) is 0 Å². The fraction of sp³-hybridized carbons (Fsp3) is 1.00. The quantitative estimate of drug-likeness (QED) is 0.592. The van der Waals surface area contributed by atoms with Crippen LogP contribution in [0.1, 0.15) is 0 Å². The average Bonchev–Trinajstić information content (AvgIpc) is 1.98. The summed E-state index contributed by atoms with van der Waals surface area (Å²) in [5.41, 5.74) is 0.